The molecule has 1 atom stereocenters. The molecule has 3 heterocycles. The minimum absolute atomic E-state index is 0.0303. The van der Waals surface area contributed by atoms with Crippen molar-refractivity contribution < 1.29 is 4.79 Å². The van der Waals surface area contributed by atoms with E-state index in [0.717, 1.165) is 18.8 Å². The van der Waals surface area contributed by atoms with E-state index >= 15 is 0 Å². The highest BCUT2D eigenvalue weighted by molar-refractivity contribution is 5.88. The highest BCUT2D eigenvalue weighted by Gasteiger charge is 2.31. The predicted octanol–water partition coefficient (Wildman–Crippen LogP) is 0.734. The molecule has 2 N–H and O–H groups in total. The van der Waals surface area contributed by atoms with Crippen molar-refractivity contribution in [1.29, 1.82) is 0 Å². The molecule has 3 fully saturated rings. The number of hydrogen-bond acceptors (Lipinski definition) is 4. The Hall–Kier alpha value is -1.43. The number of amides is 1. The van der Waals surface area contributed by atoms with Gasteiger partial charge in [-0.1, -0.05) is 12.1 Å². The zero-order valence-corrected chi connectivity index (χ0v) is 12.6. The average molecular weight is 288 g/mol. The number of rotatable bonds is 5. The van der Waals surface area contributed by atoms with Crippen LogP contribution in [-0.2, 0) is 11.3 Å². The van der Waals surface area contributed by atoms with Crippen molar-refractivity contribution in [3.8, 4) is 0 Å². The molecule has 1 unspecified atom stereocenters. The van der Waals surface area contributed by atoms with Crippen molar-refractivity contribution in [3.05, 3.63) is 29.8 Å². The van der Waals surface area contributed by atoms with Gasteiger partial charge in [0.15, 0.2) is 0 Å². The summed E-state index contributed by atoms with van der Waals surface area (Å²) >= 11 is 0. The smallest absolute Gasteiger partial charge is 0.221 e. The van der Waals surface area contributed by atoms with Crippen LogP contribution in [0.2, 0.25) is 0 Å². The van der Waals surface area contributed by atoms with Gasteiger partial charge in [-0.05, 0) is 17.7 Å². The largest absolute Gasteiger partial charge is 0.326 e. The maximum absolute atomic E-state index is 11.0. The SMILES string of the molecule is CC(=O)Nc1ccc(CNCC2CN3CCN2CC3)cc1. The number of carbonyl (C=O) groups is 1. The third-order valence-corrected chi connectivity index (χ3v) is 4.38. The van der Waals surface area contributed by atoms with Gasteiger partial charge in [0, 0.05) is 64.5 Å². The van der Waals surface area contributed by atoms with Gasteiger partial charge in [0.25, 0.3) is 0 Å². The molecule has 5 nitrogen and oxygen atoms in total. The second kappa shape index (κ2) is 6.56. The molecule has 0 radical (unpaired) electrons. The number of nitrogens with zero attached hydrogens (tertiary/aromatic N) is 2. The van der Waals surface area contributed by atoms with Crippen LogP contribution in [0.15, 0.2) is 24.3 Å². The first-order valence-electron chi connectivity index (χ1n) is 7.74. The summed E-state index contributed by atoms with van der Waals surface area (Å²) in [5.74, 6) is -0.0303. The Morgan fingerprint density at radius 3 is 2.48 bits per heavy atom. The van der Waals surface area contributed by atoms with Crippen LogP contribution in [0.25, 0.3) is 0 Å². The van der Waals surface area contributed by atoms with E-state index in [-0.39, 0.29) is 5.91 Å². The fourth-order valence-electron chi connectivity index (χ4n) is 3.21. The fraction of sp³-hybridized carbons (Fsp3) is 0.562. The third kappa shape index (κ3) is 3.81. The number of fused-ring (bicyclic) bond motifs is 3. The predicted molar refractivity (Wildman–Crippen MR) is 84.3 cm³/mol. The van der Waals surface area contributed by atoms with Gasteiger partial charge < -0.3 is 10.6 Å². The quantitative estimate of drug-likeness (QED) is 0.839. The lowest BCUT2D eigenvalue weighted by Gasteiger charge is -2.47. The standard InChI is InChI=1S/C16H24N4O/c1-13(21)18-15-4-2-14(3-5-15)10-17-11-16-12-19-6-8-20(16)9-7-19/h2-5,16-17H,6-12H2,1H3,(H,18,21). The van der Waals surface area contributed by atoms with Crippen LogP contribution in [-0.4, -0.2) is 61.0 Å². The second-order valence-corrected chi connectivity index (χ2v) is 6.00. The van der Waals surface area contributed by atoms with Crippen LogP contribution in [0, 0.1) is 0 Å². The highest BCUT2D eigenvalue weighted by atomic mass is 16.1. The number of piperazine rings is 3. The lowest BCUT2D eigenvalue weighted by Crippen LogP contribution is -2.63. The molecule has 4 rings (SSSR count). The molecule has 114 valence electrons. The maximum Gasteiger partial charge on any atom is 0.221 e. The van der Waals surface area contributed by atoms with E-state index in [0.29, 0.717) is 6.04 Å². The molecule has 1 aromatic carbocycles. The van der Waals surface area contributed by atoms with E-state index in [1.54, 1.807) is 0 Å². The first-order valence-corrected chi connectivity index (χ1v) is 7.74. The van der Waals surface area contributed by atoms with Crippen molar-refractivity contribution in [2.24, 2.45) is 0 Å². The molecule has 3 aliphatic heterocycles. The number of benzene rings is 1. The molecule has 1 aromatic rings. The van der Waals surface area contributed by atoms with Gasteiger partial charge in [-0.3, -0.25) is 14.6 Å². The van der Waals surface area contributed by atoms with Crippen LogP contribution >= 0.6 is 0 Å². The van der Waals surface area contributed by atoms with Crippen molar-refractivity contribution in [2.75, 3.05) is 44.6 Å². The molecule has 3 saturated heterocycles. The first-order chi connectivity index (χ1) is 10.2. The highest BCUT2D eigenvalue weighted by Crippen LogP contribution is 2.15. The van der Waals surface area contributed by atoms with Gasteiger partial charge in [0.05, 0.1) is 0 Å². The number of hydrogen-bond donors (Lipinski definition) is 2. The molecule has 0 aliphatic carbocycles. The van der Waals surface area contributed by atoms with Crippen LogP contribution < -0.4 is 10.6 Å². The van der Waals surface area contributed by atoms with Crippen molar-refractivity contribution in [1.82, 2.24) is 15.1 Å². The van der Waals surface area contributed by atoms with Crippen LogP contribution in [0.1, 0.15) is 12.5 Å². The van der Waals surface area contributed by atoms with Gasteiger partial charge in [-0.25, -0.2) is 0 Å². The van der Waals surface area contributed by atoms with Crippen LogP contribution in [0.4, 0.5) is 5.69 Å². The van der Waals surface area contributed by atoms with E-state index in [1.807, 2.05) is 12.1 Å². The van der Waals surface area contributed by atoms with Gasteiger partial charge in [-0.2, -0.15) is 0 Å². The Balaban J connectivity index is 1.44. The summed E-state index contributed by atoms with van der Waals surface area (Å²) < 4.78 is 0. The third-order valence-electron chi connectivity index (χ3n) is 4.38. The second-order valence-electron chi connectivity index (χ2n) is 6.00. The summed E-state index contributed by atoms with van der Waals surface area (Å²) in [6, 6.07) is 8.70. The maximum atomic E-state index is 11.0. The summed E-state index contributed by atoms with van der Waals surface area (Å²) in [5, 5.41) is 6.35. The van der Waals surface area contributed by atoms with Crippen molar-refractivity contribution in [3.63, 3.8) is 0 Å². The molecular formula is C16H24N4O. The lowest BCUT2D eigenvalue weighted by molar-refractivity contribution is -0.114. The monoisotopic (exact) mass is 288 g/mol. The molecule has 0 aromatic heterocycles. The van der Waals surface area contributed by atoms with Crippen molar-refractivity contribution in [2.45, 2.75) is 19.5 Å². The Kier molecular flexibility index (Phi) is 4.53. The van der Waals surface area contributed by atoms with Gasteiger partial charge in [0.2, 0.25) is 5.91 Å². The van der Waals surface area contributed by atoms with E-state index < -0.39 is 0 Å². The molecular weight excluding hydrogens is 264 g/mol. The van der Waals surface area contributed by atoms with Gasteiger partial charge in [0.1, 0.15) is 0 Å². The van der Waals surface area contributed by atoms with E-state index in [2.05, 4.69) is 32.6 Å². The fourth-order valence-corrected chi connectivity index (χ4v) is 3.21. The molecule has 0 saturated carbocycles. The molecule has 5 heteroatoms. The average Bonchev–Trinajstić information content (AvgIpc) is 2.50. The summed E-state index contributed by atoms with van der Waals surface area (Å²) in [4.78, 5) is 16.1. The zero-order valence-electron chi connectivity index (χ0n) is 12.6. The van der Waals surface area contributed by atoms with E-state index in [4.69, 9.17) is 0 Å². The van der Waals surface area contributed by atoms with E-state index in [9.17, 15) is 4.79 Å². The Morgan fingerprint density at radius 2 is 1.90 bits per heavy atom. The Bertz CT molecular complexity index is 480. The van der Waals surface area contributed by atoms with Gasteiger partial charge in [-0.15, -0.1) is 0 Å². The lowest BCUT2D eigenvalue weighted by atomic mass is 10.1. The molecule has 3 aliphatic rings. The van der Waals surface area contributed by atoms with Crippen LogP contribution in [0.3, 0.4) is 0 Å². The Morgan fingerprint density at radius 1 is 1.19 bits per heavy atom. The molecule has 0 spiro atoms. The van der Waals surface area contributed by atoms with Crippen molar-refractivity contribution >= 4 is 11.6 Å². The zero-order chi connectivity index (χ0) is 14.7. The molecule has 21 heavy (non-hydrogen) atoms. The number of nitrogens with one attached hydrogen (secondary N) is 2. The topological polar surface area (TPSA) is 47.6 Å². The summed E-state index contributed by atoms with van der Waals surface area (Å²) in [6.07, 6.45) is 0. The van der Waals surface area contributed by atoms with E-state index in [1.165, 1.54) is 45.2 Å². The minimum Gasteiger partial charge on any atom is -0.326 e. The summed E-state index contributed by atoms with van der Waals surface area (Å²) in [6.45, 7) is 9.57. The summed E-state index contributed by atoms with van der Waals surface area (Å²) in [5.41, 5.74) is 2.11. The number of anilines is 1. The van der Waals surface area contributed by atoms with Gasteiger partial charge >= 0.3 is 0 Å². The summed E-state index contributed by atoms with van der Waals surface area (Å²) in [7, 11) is 0. The molecule has 1 amide bonds. The number of carbonyl (C=O) groups excluding carboxylic acids is 1. The Labute approximate surface area is 126 Å². The minimum atomic E-state index is -0.0303. The first kappa shape index (κ1) is 14.5. The van der Waals surface area contributed by atoms with Crippen LogP contribution in [0.5, 0.6) is 0 Å². The molecule has 2 bridgehead atoms. The normalized spacial score (nSPS) is 27.6.